The van der Waals surface area contributed by atoms with E-state index >= 15 is 0 Å². The van der Waals surface area contributed by atoms with Crippen molar-refractivity contribution in [3.8, 4) is 0 Å². The molecule has 0 radical (unpaired) electrons. The smallest absolute Gasteiger partial charge is 0.239 e. The fourth-order valence-corrected chi connectivity index (χ4v) is 3.14. The number of hydrogen-bond donors (Lipinski definition) is 3. The molecule has 7 heteroatoms. The van der Waals surface area contributed by atoms with Gasteiger partial charge in [0.2, 0.25) is 11.8 Å². The summed E-state index contributed by atoms with van der Waals surface area (Å²) in [5, 5.41) is 7.92. The van der Waals surface area contributed by atoms with Crippen LogP contribution in [0.5, 0.6) is 0 Å². The quantitative estimate of drug-likeness (QED) is 0.645. The number of carbonyl (C=O) groups is 2. The van der Waals surface area contributed by atoms with Gasteiger partial charge in [0.25, 0.3) is 0 Å². The third-order valence-electron chi connectivity index (χ3n) is 2.74. The molecule has 2 aromatic rings. The molecule has 2 rings (SSSR count). The molecule has 0 spiro atoms. The van der Waals surface area contributed by atoms with Crippen LogP contribution in [0.15, 0.2) is 46.7 Å². The predicted octanol–water partition coefficient (Wildman–Crippen LogP) is 2.05. The van der Waals surface area contributed by atoms with Gasteiger partial charge in [-0.15, -0.1) is 23.1 Å². The van der Waals surface area contributed by atoms with Gasteiger partial charge >= 0.3 is 0 Å². The topological polar surface area (TPSA) is 84.2 Å². The zero-order valence-corrected chi connectivity index (χ0v) is 13.5. The number of para-hydroxylation sites is 1. The molecule has 0 unspecified atom stereocenters. The highest BCUT2D eigenvalue weighted by Crippen LogP contribution is 2.26. The molecule has 0 saturated heterocycles. The van der Waals surface area contributed by atoms with Gasteiger partial charge in [0, 0.05) is 15.5 Å². The van der Waals surface area contributed by atoms with Gasteiger partial charge in [-0.05, 0) is 23.6 Å². The largest absolute Gasteiger partial charge is 0.375 e. The van der Waals surface area contributed by atoms with Crippen LogP contribution >= 0.6 is 23.1 Å². The van der Waals surface area contributed by atoms with Gasteiger partial charge in [0.05, 0.1) is 18.8 Å². The zero-order chi connectivity index (χ0) is 15.8. The van der Waals surface area contributed by atoms with Crippen LogP contribution in [-0.4, -0.2) is 24.1 Å². The fraction of sp³-hybridized carbons (Fsp3) is 0.200. The minimum atomic E-state index is -0.367. The summed E-state index contributed by atoms with van der Waals surface area (Å²) in [7, 11) is 0. The van der Waals surface area contributed by atoms with Gasteiger partial charge in [-0.25, -0.2) is 0 Å². The first kappa shape index (κ1) is 16.4. The lowest BCUT2D eigenvalue weighted by molar-refractivity contribution is -0.119. The summed E-state index contributed by atoms with van der Waals surface area (Å²) < 4.78 is 0. The van der Waals surface area contributed by atoms with Crippen LogP contribution in [0.25, 0.3) is 0 Å². The number of carbonyl (C=O) groups excluding carboxylic acids is 2. The Morgan fingerprint density at radius 1 is 1.18 bits per heavy atom. The molecule has 2 amide bonds. The number of nitrogens with two attached hydrogens (primary N) is 1. The molecule has 1 aromatic heterocycles. The first-order chi connectivity index (χ1) is 10.6. The molecule has 4 N–H and O–H groups in total. The van der Waals surface area contributed by atoms with Crippen molar-refractivity contribution in [1.29, 1.82) is 0 Å². The molecule has 1 heterocycles. The Morgan fingerprint density at radius 3 is 2.73 bits per heavy atom. The summed E-state index contributed by atoms with van der Waals surface area (Å²) >= 11 is 2.96. The van der Waals surface area contributed by atoms with E-state index in [0.29, 0.717) is 6.54 Å². The van der Waals surface area contributed by atoms with Crippen molar-refractivity contribution in [3.63, 3.8) is 0 Å². The first-order valence-corrected chi connectivity index (χ1v) is 8.55. The van der Waals surface area contributed by atoms with E-state index in [0.717, 1.165) is 15.5 Å². The number of amides is 2. The minimum absolute atomic E-state index is 0.0805. The maximum Gasteiger partial charge on any atom is 0.239 e. The normalized spacial score (nSPS) is 10.2. The molecule has 0 aliphatic rings. The molecular formula is C15H17N3O2S2. The number of thiophene rings is 1. The number of nitrogens with one attached hydrogen (secondary N) is 2. The molecule has 1 aromatic carbocycles. The molecule has 0 fully saturated rings. The lowest BCUT2D eigenvalue weighted by Gasteiger charge is -2.11. The van der Waals surface area contributed by atoms with E-state index in [1.807, 2.05) is 41.8 Å². The number of benzene rings is 1. The van der Waals surface area contributed by atoms with Crippen LogP contribution in [0.4, 0.5) is 5.69 Å². The predicted molar refractivity (Wildman–Crippen MR) is 91.0 cm³/mol. The lowest BCUT2D eigenvalue weighted by atomic mass is 10.3. The van der Waals surface area contributed by atoms with Crippen molar-refractivity contribution >= 4 is 40.6 Å². The van der Waals surface area contributed by atoms with Crippen LogP contribution in [0, 0.1) is 0 Å². The second-order valence-corrected chi connectivity index (χ2v) is 6.51. The Labute approximate surface area is 137 Å². The highest BCUT2D eigenvalue weighted by molar-refractivity contribution is 8.00. The fourth-order valence-electron chi connectivity index (χ4n) is 1.72. The van der Waals surface area contributed by atoms with E-state index < -0.39 is 0 Å². The molecule has 0 aliphatic heterocycles. The van der Waals surface area contributed by atoms with Gasteiger partial charge in [-0.1, -0.05) is 18.2 Å². The second-order valence-electron chi connectivity index (χ2n) is 4.46. The van der Waals surface area contributed by atoms with Crippen LogP contribution in [-0.2, 0) is 16.1 Å². The van der Waals surface area contributed by atoms with E-state index in [9.17, 15) is 9.59 Å². The average Bonchev–Trinajstić information content (AvgIpc) is 3.03. The van der Waals surface area contributed by atoms with Crippen molar-refractivity contribution < 1.29 is 9.59 Å². The Hall–Kier alpha value is -1.99. The summed E-state index contributed by atoms with van der Waals surface area (Å²) in [6, 6.07) is 11.5. The van der Waals surface area contributed by atoms with Gasteiger partial charge in [-0.3, -0.25) is 9.59 Å². The van der Waals surface area contributed by atoms with E-state index in [-0.39, 0.29) is 24.1 Å². The second kappa shape index (κ2) is 8.45. The Balaban J connectivity index is 1.82. The minimum Gasteiger partial charge on any atom is -0.375 e. The van der Waals surface area contributed by atoms with Crippen molar-refractivity contribution in [1.82, 2.24) is 5.32 Å². The summed E-state index contributed by atoms with van der Waals surface area (Å²) in [5.41, 5.74) is 5.97. The zero-order valence-electron chi connectivity index (χ0n) is 11.9. The molecule has 5 nitrogen and oxygen atoms in total. The van der Waals surface area contributed by atoms with Crippen molar-refractivity contribution in [3.05, 3.63) is 46.7 Å². The Morgan fingerprint density at radius 2 is 2.00 bits per heavy atom. The summed E-state index contributed by atoms with van der Waals surface area (Å²) in [6.07, 6.45) is 0. The van der Waals surface area contributed by atoms with E-state index in [1.54, 1.807) is 11.3 Å². The van der Waals surface area contributed by atoms with E-state index in [1.165, 1.54) is 11.8 Å². The lowest BCUT2D eigenvalue weighted by Crippen LogP contribution is -2.29. The number of thioether (sulfide) groups is 1. The highest BCUT2D eigenvalue weighted by atomic mass is 32.2. The molecule has 116 valence electrons. The van der Waals surface area contributed by atoms with Crippen LogP contribution in [0.3, 0.4) is 0 Å². The molecule has 0 atom stereocenters. The standard InChI is InChI=1S/C15H17N3O2S2/c16-14(19)10-22-13-6-2-1-5-12(13)17-9-15(20)18-8-11-4-3-7-21-11/h1-7,17H,8-10H2,(H2,16,19)(H,18,20). The van der Waals surface area contributed by atoms with Crippen molar-refractivity contribution in [2.75, 3.05) is 17.6 Å². The van der Waals surface area contributed by atoms with E-state index in [2.05, 4.69) is 10.6 Å². The van der Waals surface area contributed by atoms with Crippen LogP contribution in [0.2, 0.25) is 0 Å². The Kier molecular flexibility index (Phi) is 6.29. The summed E-state index contributed by atoms with van der Waals surface area (Å²) in [4.78, 5) is 24.7. The SMILES string of the molecule is NC(=O)CSc1ccccc1NCC(=O)NCc1cccs1. The maximum absolute atomic E-state index is 11.8. The number of anilines is 1. The molecule has 22 heavy (non-hydrogen) atoms. The van der Waals surface area contributed by atoms with Gasteiger partial charge in [0.1, 0.15) is 0 Å². The molecular weight excluding hydrogens is 318 g/mol. The van der Waals surface area contributed by atoms with Gasteiger partial charge < -0.3 is 16.4 Å². The van der Waals surface area contributed by atoms with Gasteiger partial charge in [-0.2, -0.15) is 0 Å². The first-order valence-electron chi connectivity index (χ1n) is 6.68. The third kappa shape index (κ3) is 5.42. The van der Waals surface area contributed by atoms with Crippen LogP contribution < -0.4 is 16.4 Å². The molecule has 0 aliphatic carbocycles. The van der Waals surface area contributed by atoms with Gasteiger partial charge in [0.15, 0.2) is 0 Å². The highest BCUT2D eigenvalue weighted by Gasteiger charge is 2.06. The number of primary amides is 1. The molecule has 0 bridgehead atoms. The number of rotatable bonds is 8. The van der Waals surface area contributed by atoms with Crippen molar-refractivity contribution in [2.45, 2.75) is 11.4 Å². The summed E-state index contributed by atoms with van der Waals surface area (Å²) in [6.45, 7) is 0.718. The number of hydrogen-bond acceptors (Lipinski definition) is 5. The third-order valence-corrected chi connectivity index (χ3v) is 4.71. The average molecular weight is 335 g/mol. The van der Waals surface area contributed by atoms with E-state index in [4.69, 9.17) is 5.73 Å². The Bertz CT molecular complexity index is 629. The van der Waals surface area contributed by atoms with Crippen molar-refractivity contribution in [2.24, 2.45) is 5.73 Å². The monoisotopic (exact) mass is 335 g/mol. The summed E-state index contributed by atoms with van der Waals surface area (Å²) in [5.74, 6) is -0.236. The molecule has 0 saturated carbocycles. The van der Waals surface area contributed by atoms with Crippen LogP contribution in [0.1, 0.15) is 4.88 Å². The maximum atomic E-state index is 11.8.